The highest BCUT2D eigenvalue weighted by molar-refractivity contribution is 7.10. The quantitative estimate of drug-likeness (QED) is 0.782. The monoisotopic (exact) mass is 399 g/mol. The van der Waals surface area contributed by atoms with E-state index in [4.69, 9.17) is 0 Å². The van der Waals surface area contributed by atoms with Gasteiger partial charge in [-0.1, -0.05) is 25.8 Å². The zero-order chi connectivity index (χ0) is 19.6. The summed E-state index contributed by atoms with van der Waals surface area (Å²) in [5, 5.41) is 14.9. The van der Waals surface area contributed by atoms with E-state index in [-0.39, 0.29) is 12.5 Å². The summed E-state index contributed by atoms with van der Waals surface area (Å²) >= 11 is 1.68. The summed E-state index contributed by atoms with van der Waals surface area (Å²) in [4.78, 5) is 21.2. The van der Waals surface area contributed by atoms with Gasteiger partial charge in [0.15, 0.2) is 0 Å². The molecule has 3 heterocycles. The number of thiophene rings is 1. The van der Waals surface area contributed by atoms with Crippen molar-refractivity contribution in [1.29, 1.82) is 0 Å². The zero-order valence-electron chi connectivity index (χ0n) is 16.5. The van der Waals surface area contributed by atoms with Gasteiger partial charge in [-0.25, -0.2) is 0 Å². The van der Waals surface area contributed by atoms with Gasteiger partial charge in [-0.3, -0.25) is 14.7 Å². The van der Waals surface area contributed by atoms with Crippen LogP contribution in [0, 0.1) is 0 Å². The molecule has 28 heavy (non-hydrogen) atoms. The van der Waals surface area contributed by atoms with E-state index in [0.29, 0.717) is 0 Å². The molecule has 0 unspecified atom stereocenters. The Balaban J connectivity index is 1.42. The van der Waals surface area contributed by atoms with E-state index in [0.717, 1.165) is 69.4 Å². The van der Waals surface area contributed by atoms with E-state index in [1.807, 2.05) is 11.6 Å². The third kappa shape index (κ3) is 4.00. The van der Waals surface area contributed by atoms with Crippen molar-refractivity contribution in [3.8, 4) is 0 Å². The molecule has 2 aromatic rings. The van der Waals surface area contributed by atoms with Crippen molar-refractivity contribution in [2.45, 2.75) is 64.1 Å². The summed E-state index contributed by atoms with van der Waals surface area (Å²) in [6, 6.07) is 4.28. The number of aryl methyl sites for hydroxylation is 1. The second kappa shape index (κ2) is 8.31. The van der Waals surface area contributed by atoms with Gasteiger partial charge in [-0.05, 0) is 42.9 Å². The van der Waals surface area contributed by atoms with Crippen LogP contribution in [0.3, 0.4) is 0 Å². The van der Waals surface area contributed by atoms with Crippen molar-refractivity contribution in [1.82, 2.24) is 15.2 Å². The van der Waals surface area contributed by atoms with Crippen molar-refractivity contribution >= 4 is 17.2 Å². The van der Waals surface area contributed by atoms with Crippen LogP contribution in [0.25, 0.3) is 0 Å². The Kier molecular flexibility index (Phi) is 5.80. The van der Waals surface area contributed by atoms with Crippen molar-refractivity contribution in [3.05, 3.63) is 51.0 Å². The van der Waals surface area contributed by atoms with Crippen LogP contribution in [-0.2, 0) is 25.9 Å². The normalized spacial score (nSPS) is 18.8. The molecule has 1 saturated carbocycles. The number of carbonyl (C=O) groups excluding carboxylic acids is 1. The molecule has 6 heteroatoms. The molecule has 0 aromatic carbocycles. The summed E-state index contributed by atoms with van der Waals surface area (Å²) in [7, 11) is 0. The van der Waals surface area contributed by atoms with Crippen LogP contribution in [0.5, 0.6) is 0 Å². The number of nitrogens with one attached hydrogen (secondary N) is 1. The molecule has 0 atom stereocenters. The van der Waals surface area contributed by atoms with Gasteiger partial charge >= 0.3 is 0 Å². The van der Waals surface area contributed by atoms with Crippen LogP contribution in [-0.4, -0.2) is 39.6 Å². The number of hydrogen-bond acceptors (Lipinski definition) is 5. The number of aliphatic hydroxyl groups excluding tert-OH is 1. The first-order valence-electron chi connectivity index (χ1n) is 10.3. The van der Waals surface area contributed by atoms with Crippen LogP contribution >= 0.6 is 11.3 Å². The van der Waals surface area contributed by atoms with Crippen molar-refractivity contribution < 1.29 is 9.90 Å². The standard InChI is InChI=1S/C22H29N3O2S/c1-2-16-5-6-17(23-11-16)12-25-10-7-18-19(14-28-20(18)13-25)21(27)24-22(15-26)8-3-4-9-22/h5-6,11,14,26H,2-4,7-10,12-13,15H2,1H3,(H,24,27). The Morgan fingerprint density at radius 3 is 2.86 bits per heavy atom. The molecule has 1 aliphatic carbocycles. The van der Waals surface area contributed by atoms with Crippen LogP contribution < -0.4 is 5.32 Å². The molecule has 1 amide bonds. The molecule has 2 aromatic heterocycles. The molecule has 0 radical (unpaired) electrons. The number of rotatable bonds is 6. The van der Waals surface area contributed by atoms with E-state index >= 15 is 0 Å². The molecular weight excluding hydrogens is 370 g/mol. The van der Waals surface area contributed by atoms with E-state index in [9.17, 15) is 9.90 Å². The number of fused-ring (bicyclic) bond motifs is 1. The second-order valence-electron chi connectivity index (χ2n) is 8.12. The summed E-state index contributed by atoms with van der Waals surface area (Å²) in [6.07, 6.45) is 7.77. The molecule has 0 bridgehead atoms. The molecule has 1 aliphatic heterocycles. The van der Waals surface area contributed by atoms with E-state index in [1.54, 1.807) is 11.3 Å². The van der Waals surface area contributed by atoms with E-state index in [1.165, 1.54) is 16.0 Å². The van der Waals surface area contributed by atoms with Crippen LogP contribution in [0.15, 0.2) is 23.7 Å². The maximum atomic E-state index is 12.9. The SMILES string of the molecule is CCc1ccc(CN2CCc3c(C(=O)NC4(CO)CCCC4)csc3C2)nc1. The number of amides is 1. The largest absolute Gasteiger partial charge is 0.394 e. The average Bonchev–Trinajstić information content (AvgIpc) is 3.36. The number of hydrogen-bond donors (Lipinski definition) is 2. The molecular formula is C22H29N3O2S. The van der Waals surface area contributed by atoms with Gasteiger partial charge < -0.3 is 10.4 Å². The summed E-state index contributed by atoms with van der Waals surface area (Å²) in [5.41, 5.74) is 3.95. The lowest BCUT2D eigenvalue weighted by molar-refractivity contribution is 0.0837. The highest BCUT2D eigenvalue weighted by atomic mass is 32.1. The minimum Gasteiger partial charge on any atom is -0.394 e. The van der Waals surface area contributed by atoms with E-state index < -0.39 is 5.54 Å². The summed E-state index contributed by atoms with van der Waals surface area (Å²) in [5.74, 6) is -0.0151. The molecule has 150 valence electrons. The van der Waals surface area contributed by atoms with E-state index in [2.05, 4.69) is 34.3 Å². The smallest absolute Gasteiger partial charge is 0.252 e. The Morgan fingerprint density at radius 2 is 2.18 bits per heavy atom. The number of pyridine rings is 1. The predicted molar refractivity (Wildman–Crippen MR) is 112 cm³/mol. The fourth-order valence-electron chi connectivity index (χ4n) is 4.38. The number of carbonyl (C=O) groups is 1. The Bertz CT molecular complexity index is 825. The van der Waals surface area contributed by atoms with Crippen LogP contribution in [0.2, 0.25) is 0 Å². The minimum atomic E-state index is -0.414. The highest BCUT2D eigenvalue weighted by Crippen LogP contribution is 2.32. The Morgan fingerprint density at radius 1 is 1.36 bits per heavy atom. The maximum absolute atomic E-state index is 12.9. The van der Waals surface area contributed by atoms with Crippen molar-refractivity contribution in [2.24, 2.45) is 0 Å². The highest BCUT2D eigenvalue weighted by Gasteiger charge is 2.36. The van der Waals surface area contributed by atoms with Gasteiger partial charge in [0.2, 0.25) is 0 Å². The maximum Gasteiger partial charge on any atom is 0.252 e. The van der Waals surface area contributed by atoms with Gasteiger partial charge in [0.25, 0.3) is 5.91 Å². The molecule has 0 saturated heterocycles. The van der Waals surface area contributed by atoms with Gasteiger partial charge in [0.1, 0.15) is 0 Å². The molecule has 0 spiro atoms. The fourth-order valence-corrected chi connectivity index (χ4v) is 5.50. The van der Waals surface area contributed by atoms with Gasteiger partial charge in [-0.2, -0.15) is 0 Å². The fraction of sp³-hybridized carbons (Fsp3) is 0.545. The Labute approximate surface area is 170 Å². The minimum absolute atomic E-state index is 0.0151. The first kappa shape index (κ1) is 19.6. The molecule has 2 N–H and O–H groups in total. The molecule has 4 rings (SSSR count). The van der Waals surface area contributed by atoms with Gasteiger partial charge in [0.05, 0.1) is 23.4 Å². The lowest BCUT2D eigenvalue weighted by Gasteiger charge is -2.29. The van der Waals surface area contributed by atoms with Crippen LogP contribution in [0.1, 0.15) is 64.7 Å². The predicted octanol–water partition coefficient (Wildman–Crippen LogP) is 3.30. The number of aromatic nitrogens is 1. The number of aliphatic hydroxyl groups is 1. The number of nitrogens with zero attached hydrogens (tertiary/aromatic N) is 2. The zero-order valence-corrected chi connectivity index (χ0v) is 17.4. The van der Waals surface area contributed by atoms with Crippen LogP contribution in [0.4, 0.5) is 0 Å². The van der Waals surface area contributed by atoms with Gasteiger partial charge in [-0.15, -0.1) is 11.3 Å². The lowest BCUT2D eigenvalue weighted by Crippen LogP contribution is -2.49. The lowest BCUT2D eigenvalue weighted by atomic mass is 9.97. The molecule has 1 fully saturated rings. The summed E-state index contributed by atoms with van der Waals surface area (Å²) in [6.45, 7) is 4.82. The topological polar surface area (TPSA) is 65.5 Å². The third-order valence-electron chi connectivity index (χ3n) is 6.19. The van der Waals surface area contributed by atoms with Crippen molar-refractivity contribution in [2.75, 3.05) is 13.2 Å². The summed E-state index contributed by atoms with van der Waals surface area (Å²) < 4.78 is 0. The Hall–Kier alpha value is -1.76. The van der Waals surface area contributed by atoms with Gasteiger partial charge in [0, 0.05) is 36.1 Å². The average molecular weight is 400 g/mol. The first-order valence-corrected chi connectivity index (χ1v) is 11.2. The molecule has 5 nitrogen and oxygen atoms in total. The molecule has 2 aliphatic rings. The first-order chi connectivity index (χ1) is 13.6. The second-order valence-corrected chi connectivity index (χ2v) is 9.09. The third-order valence-corrected chi connectivity index (χ3v) is 7.21. The van der Waals surface area contributed by atoms with Crippen molar-refractivity contribution in [3.63, 3.8) is 0 Å².